The number of hydrogen-bond acceptors (Lipinski definition) is 2. The van der Waals surface area contributed by atoms with Gasteiger partial charge in [0.1, 0.15) is 11.5 Å². The zero-order valence-electron chi connectivity index (χ0n) is 11.0. The molecule has 18 heavy (non-hydrogen) atoms. The smallest absolute Gasteiger partial charge is 0.222 e. The summed E-state index contributed by atoms with van der Waals surface area (Å²) in [6, 6.07) is 4.02. The Morgan fingerprint density at radius 2 is 2.28 bits per heavy atom. The van der Waals surface area contributed by atoms with Crippen molar-refractivity contribution in [2.75, 3.05) is 12.9 Å². The molecule has 100 valence electrons. The lowest BCUT2D eigenvalue weighted by atomic mass is 10.3. The highest BCUT2D eigenvalue weighted by Crippen LogP contribution is 2.47. The summed E-state index contributed by atoms with van der Waals surface area (Å²) in [5, 5.41) is 0. The monoisotopic (exact) mass is 269 g/mol. The summed E-state index contributed by atoms with van der Waals surface area (Å²) < 4.78 is 5.78. The van der Waals surface area contributed by atoms with Crippen molar-refractivity contribution in [1.82, 2.24) is 4.90 Å². The Morgan fingerprint density at radius 3 is 2.89 bits per heavy atom. The number of hydrogen-bond donors (Lipinski definition) is 0. The molecule has 1 fully saturated rings. The minimum absolute atomic E-state index is 0.119. The number of alkyl halides is 1. The fourth-order valence-electron chi connectivity index (χ4n) is 2.13. The number of furan rings is 1. The average molecular weight is 270 g/mol. The molecule has 4 heteroatoms. The molecule has 2 unspecified atom stereocenters. The topological polar surface area (TPSA) is 33.5 Å². The second kappa shape index (κ2) is 5.79. The van der Waals surface area contributed by atoms with Crippen molar-refractivity contribution in [2.24, 2.45) is 5.92 Å². The van der Waals surface area contributed by atoms with E-state index in [1.54, 1.807) is 11.9 Å². The van der Waals surface area contributed by atoms with E-state index in [1.165, 1.54) is 6.42 Å². The van der Waals surface area contributed by atoms with Gasteiger partial charge in [0.15, 0.2) is 0 Å². The highest BCUT2D eigenvalue weighted by molar-refractivity contribution is 6.17. The Balaban J connectivity index is 1.85. The van der Waals surface area contributed by atoms with Crippen molar-refractivity contribution in [1.29, 1.82) is 0 Å². The molecular formula is C14H20ClNO2. The van der Waals surface area contributed by atoms with Gasteiger partial charge in [0, 0.05) is 25.3 Å². The number of halogens is 1. The van der Waals surface area contributed by atoms with Crippen LogP contribution in [0.3, 0.4) is 0 Å². The van der Waals surface area contributed by atoms with Crippen molar-refractivity contribution in [3.8, 4) is 0 Å². The molecule has 1 aromatic heterocycles. The SMILES string of the molecule is CC1CC1c1ccc(CN(C)C(=O)CCCCl)o1. The summed E-state index contributed by atoms with van der Waals surface area (Å²) in [6.07, 6.45) is 2.46. The summed E-state index contributed by atoms with van der Waals surface area (Å²) in [6.45, 7) is 2.77. The van der Waals surface area contributed by atoms with Gasteiger partial charge in [-0.3, -0.25) is 4.79 Å². The molecule has 1 aromatic rings. The molecule has 0 aliphatic heterocycles. The fraction of sp³-hybridized carbons (Fsp3) is 0.643. The number of carbonyl (C=O) groups is 1. The minimum Gasteiger partial charge on any atom is -0.464 e. The van der Waals surface area contributed by atoms with Crippen LogP contribution in [0, 0.1) is 5.92 Å². The van der Waals surface area contributed by atoms with Crippen LogP contribution >= 0.6 is 11.6 Å². The van der Waals surface area contributed by atoms with Crippen molar-refractivity contribution >= 4 is 17.5 Å². The molecule has 0 bridgehead atoms. The summed E-state index contributed by atoms with van der Waals surface area (Å²) >= 11 is 5.58. The highest BCUT2D eigenvalue weighted by atomic mass is 35.5. The van der Waals surface area contributed by atoms with Crippen molar-refractivity contribution in [2.45, 2.75) is 38.6 Å². The van der Waals surface area contributed by atoms with Crippen LogP contribution in [0.2, 0.25) is 0 Å². The quantitative estimate of drug-likeness (QED) is 0.742. The molecule has 2 atom stereocenters. The van der Waals surface area contributed by atoms with Crippen molar-refractivity contribution in [3.05, 3.63) is 23.7 Å². The van der Waals surface area contributed by atoms with Gasteiger partial charge in [-0.05, 0) is 30.9 Å². The van der Waals surface area contributed by atoms with Gasteiger partial charge in [-0.25, -0.2) is 0 Å². The molecule has 1 heterocycles. The number of nitrogens with zero attached hydrogens (tertiary/aromatic N) is 1. The molecule has 2 rings (SSSR count). The molecule has 1 amide bonds. The molecule has 3 nitrogen and oxygen atoms in total. The van der Waals surface area contributed by atoms with Crippen LogP contribution in [0.5, 0.6) is 0 Å². The Morgan fingerprint density at radius 1 is 1.56 bits per heavy atom. The third-order valence-corrected chi connectivity index (χ3v) is 3.77. The Labute approximate surface area is 113 Å². The van der Waals surface area contributed by atoms with Crippen LogP contribution in [-0.2, 0) is 11.3 Å². The standard InChI is InChI=1S/C14H20ClNO2/c1-10-8-12(10)13-6-5-11(18-13)9-16(2)14(17)4-3-7-15/h5-6,10,12H,3-4,7-9H2,1-2H3. The Bertz CT molecular complexity index is 416. The molecular weight excluding hydrogens is 250 g/mol. The van der Waals surface area contributed by atoms with Crippen LogP contribution in [0.1, 0.15) is 43.6 Å². The number of carbonyl (C=O) groups excluding carboxylic acids is 1. The zero-order valence-corrected chi connectivity index (χ0v) is 11.7. The Hall–Kier alpha value is -0.960. The molecule has 1 saturated carbocycles. The molecule has 0 aromatic carbocycles. The van der Waals surface area contributed by atoms with Crippen LogP contribution in [0.15, 0.2) is 16.5 Å². The van der Waals surface area contributed by atoms with Gasteiger partial charge >= 0.3 is 0 Å². The lowest BCUT2D eigenvalue weighted by Crippen LogP contribution is -2.25. The lowest BCUT2D eigenvalue weighted by Gasteiger charge is -2.15. The predicted octanol–water partition coefficient (Wildman–Crippen LogP) is 3.38. The first-order valence-corrected chi connectivity index (χ1v) is 7.03. The van der Waals surface area contributed by atoms with Gasteiger partial charge in [0.2, 0.25) is 5.91 Å². The maximum absolute atomic E-state index is 11.7. The van der Waals surface area contributed by atoms with Crippen molar-refractivity contribution in [3.63, 3.8) is 0 Å². The summed E-state index contributed by atoms with van der Waals surface area (Å²) in [5.41, 5.74) is 0. The highest BCUT2D eigenvalue weighted by Gasteiger charge is 2.36. The summed E-state index contributed by atoms with van der Waals surface area (Å²) in [4.78, 5) is 13.4. The maximum Gasteiger partial charge on any atom is 0.222 e. The zero-order chi connectivity index (χ0) is 13.1. The number of rotatable bonds is 6. The molecule has 0 saturated heterocycles. The second-order valence-electron chi connectivity index (χ2n) is 5.17. The van der Waals surface area contributed by atoms with E-state index in [9.17, 15) is 4.79 Å². The largest absolute Gasteiger partial charge is 0.464 e. The fourth-order valence-corrected chi connectivity index (χ4v) is 2.26. The van der Waals surface area contributed by atoms with Crippen LogP contribution in [0.25, 0.3) is 0 Å². The molecule has 0 N–H and O–H groups in total. The lowest BCUT2D eigenvalue weighted by molar-refractivity contribution is -0.130. The van der Waals surface area contributed by atoms with E-state index in [0.717, 1.165) is 23.9 Å². The van der Waals surface area contributed by atoms with E-state index < -0.39 is 0 Å². The molecule has 0 radical (unpaired) electrons. The van der Waals surface area contributed by atoms with E-state index in [0.29, 0.717) is 24.8 Å². The van der Waals surface area contributed by atoms with Gasteiger partial charge in [0.25, 0.3) is 0 Å². The first-order valence-electron chi connectivity index (χ1n) is 6.50. The van der Waals surface area contributed by atoms with Crippen molar-refractivity contribution < 1.29 is 9.21 Å². The molecule has 1 aliphatic carbocycles. The first kappa shape index (κ1) is 13.5. The van der Waals surface area contributed by atoms with Gasteiger partial charge in [-0.2, -0.15) is 0 Å². The van der Waals surface area contributed by atoms with E-state index in [-0.39, 0.29) is 5.91 Å². The second-order valence-corrected chi connectivity index (χ2v) is 5.54. The van der Waals surface area contributed by atoms with E-state index in [4.69, 9.17) is 16.0 Å². The maximum atomic E-state index is 11.7. The molecule has 1 aliphatic rings. The van der Waals surface area contributed by atoms with Gasteiger partial charge in [-0.1, -0.05) is 6.92 Å². The summed E-state index contributed by atoms with van der Waals surface area (Å²) in [7, 11) is 1.80. The first-order chi connectivity index (χ1) is 8.61. The predicted molar refractivity (Wildman–Crippen MR) is 71.7 cm³/mol. The van der Waals surface area contributed by atoms with E-state index in [2.05, 4.69) is 6.92 Å². The van der Waals surface area contributed by atoms with Crippen LogP contribution in [0.4, 0.5) is 0 Å². The third kappa shape index (κ3) is 3.29. The van der Waals surface area contributed by atoms with Gasteiger partial charge < -0.3 is 9.32 Å². The number of amides is 1. The van der Waals surface area contributed by atoms with Crippen LogP contribution in [-0.4, -0.2) is 23.7 Å². The Kier molecular flexibility index (Phi) is 4.33. The van der Waals surface area contributed by atoms with Gasteiger partial charge in [-0.15, -0.1) is 11.6 Å². The van der Waals surface area contributed by atoms with Crippen LogP contribution < -0.4 is 0 Å². The van der Waals surface area contributed by atoms with Gasteiger partial charge in [0.05, 0.1) is 6.54 Å². The normalized spacial score (nSPS) is 21.9. The molecule has 0 spiro atoms. The van der Waals surface area contributed by atoms with E-state index in [1.807, 2.05) is 12.1 Å². The third-order valence-electron chi connectivity index (χ3n) is 3.50. The summed E-state index contributed by atoms with van der Waals surface area (Å²) in [5.74, 6) is 3.92. The minimum atomic E-state index is 0.119. The van der Waals surface area contributed by atoms with E-state index >= 15 is 0 Å². The average Bonchev–Trinajstić information content (AvgIpc) is 2.89.